The van der Waals surface area contributed by atoms with Crippen LogP contribution in [0.3, 0.4) is 0 Å². The van der Waals surface area contributed by atoms with Gasteiger partial charge in [0, 0.05) is 23.9 Å². The van der Waals surface area contributed by atoms with E-state index in [0.717, 1.165) is 17.8 Å². The Balaban J connectivity index is 2.09. The molecule has 2 aromatic rings. The highest BCUT2D eigenvalue weighted by Crippen LogP contribution is 2.37. The molecule has 3 rings (SSSR count). The van der Waals surface area contributed by atoms with Crippen molar-refractivity contribution in [3.63, 3.8) is 0 Å². The molecule has 114 valence electrons. The number of hydrogen-bond donors (Lipinski definition) is 0. The summed E-state index contributed by atoms with van der Waals surface area (Å²) in [5.41, 5.74) is 7.37. The van der Waals surface area contributed by atoms with Gasteiger partial charge < -0.3 is 0 Å². The summed E-state index contributed by atoms with van der Waals surface area (Å²) in [5, 5.41) is 0. The van der Waals surface area contributed by atoms with E-state index in [-0.39, 0.29) is 0 Å². The van der Waals surface area contributed by atoms with Crippen molar-refractivity contribution >= 4 is 0 Å². The third-order valence-electron chi connectivity index (χ3n) is 4.39. The van der Waals surface area contributed by atoms with Crippen LogP contribution >= 0.6 is 0 Å². The molecule has 0 aliphatic heterocycles. The summed E-state index contributed by atoms with van der Waals surface area (Å²) in [6.07, 6.45) is 8.38. The molecule has 0 radical (unpaired) electrons. The second kappa shape index (κ2) is 6.04. The predicted octanol–water partition coefficient (Wildman–Crippen LogP) is 5.22. The lowest BCUT2D eigenvalue weighted by atomic mass is 9.81. The third-order valence-corrected chi connectivity index (χ3v) is 4.39. The minimum atomic E-state index is 0.383. The largest absolute Gasteiger partial charge is 0.257 e. The first-order chi connectivity index (χ1) is 10.5. The van der Waals surface area contributed by atoms with Crippen LogP contribution in [0.15, 0.2) is 42.2 Å². The standard InChI is InChI=1S/C20H24N2/c1-13-7-14(2)10-17(9-13)19-20(22-6-5-21-19)18-11-15(3)8-16(4)12-18/h5-7,9-11,16,18H,8,12H2,1-4H3. The Labute approximate surface area is 133 Å². The van der Waals surface area contributed by atoms with Gasteiger partial charge in [0.25, 0.3) is 0 Å². The maximum Gasteiger partial charge on any atom is 0.0923 e. The van der Waals surface area contributed by atoms with Crippen molar-refractivity contribution in [2.45, 2.75) is 46.5 Å². The van der Waals surface area contributed by atoms with Crippen molar-refractivity contribution in [1.29, 1.82) is 0 Å². The van der Waals surface area contributed by atoms with Gasteiger partial charge in [0.1, 0.15) is 0 Å². The molecule has 1 aromatic carbocycles. The Morgan fingerprint density at radius 3 is 2.32 bits per heavy atom. The minimum Gasteiger partial charge on any atom is -0.257 e. The zero-order chi connectivity index (χ0) is 15.7. The van der Waals surface area contributed by atoms with Gasteiger partial charge >= 0.3 is 0 Å². The van der Waals surface area contributed by atoms with Gasteiger partial charge in [-0.2, -0.15) is 0 Å². The topological polar surface area (TPSA) is 25.8 Å². The van der Waals surface area contributed by atoms with E-state index in [1.807, 2.05) is 6.20 Å². The number of rotatable bonds is 2. The van der Waals surface area contributed by atoms with Gasteiger partial charge in [0.15, 0.2) is 0 Å². The summed E-state index contributed by atoms with van der Waals surface area (Å²) in [4.78, 5) is 9.36. The highest BCUT2D eigenvalue weighted by Gasteiger charge is 2.23. The van der Waals surface area contributed by atoms with Crippen LogP contribution in [0.2, 0.25) is 0 Å². The average molecular weight is 292 g/mol. The summed E-state index contributed by atoms with van der Waals surface area (Å²) in [7, 11) is 0. The average Bonchev–Trinajstić information content (AvgIpc) is 2.45. The van der Waals surface area contributed by atoms with E-state index in [0.29, 0.717) is 11.8 Å². The Kier molecular flexibility index (Phi) is 4.10. The molecule has 1 aliphatic carbocycles. The lowest BCUT2D eigenvalue weighted by Crippen LogP contribution is -2.12. The molecule has 0 amide bonds. The van der Waals surface area contributed by atoms with Crippen LogP contribution in [-0.2, 0) is 0 Å². The monoisotopic (exact) mass is 292 g/mol. The predicted molar refractivity (Wildman–Crippen MR) is 91.8 cm³/mol. The molecular formula is C20H24N2. The molecule has 2 nitrogen and oxygen atoms in total. The fourth-order valence-corrected chi connectivity index (χ4v) is 3.69. The fourth-order valence-electron chi connectivity index (χ4n) is 3.69. The third kappa shape index (κ3) is 3.11. The van der Waals surface area contributed by atoms with Crippen LogP contribution in [0.5, 0.6) is 0 Å². The number of allylic oxidation sites excluding steroid dienone is 2. The molecule has 2 unspecified atom stereocenters. The summed E-state index contributed by atoms with van der Waals surface area (Å²) < 4.78 is 0. The van der Waals surface area contributed by atoms with Gasteiger partial charge in [-0.15, -0.1) is 0 Å². The zero-order valence-electron chi connectivity index (χ0n) is 13.9. The number of aryl methyl sites for hydroxylation is 2. The lowest BCUT2D eigenvalue weighted by Gasteiger charge is -2.25. The quantitative estimate of drug-likeness (QED) is 0.709. The van der Waals surface area contributed by atoms with E-state index in [1.54, 1.807) is 6.20 Å². The number of benzene rings is 1. The summed E-state index contributed by atoms with van der Waals surface area (Å²) >= 11 is 0. The molecule has 2 atom stereocenters. The van der Waals surface area contributed by atoms with E-state index < -0.39 is 0 Å². The van der Waals surface area contributed by atoms with Crippen molar-refractivity contribution < 1.29 is 0 Å². The molecule has 0 saturated carbocycles. The molecule has 2 heteroatoms. The van der Waals surface area contributed by atoms with Crippen LogP contribution in [0.25, 0.3) is 11.3 Å². The van der Waals surface area contributed by atoms with E-state index in [2.05, 4.69) is 57.0 Å². The van der Waals surface area contributed by atoms with Gasteiger partial charge in [0.2, 0.25) is 0 Å². The minimum absolute atomic E-state index is 0.383. The van der Waals surface area contributed by atoms with E-state index in [9.17, 15) is 0 Å². The highest BCUT2D eigenvalue weighted by molar-refractivity contribution is 5.64. The van der Waals surface area contributed by atoms with Crippen LogP contribution in [0.1, 0.15) is 49.4 Å². The number of aromatic nitrogens is 2. The van der Waals surface area contributed by atoms with Gasteiger partial charge in [-0.3, -0.25) is 9.97 Å². The van der Waals surface area contributed by atoms with Crippen LogP contribution < -0.4 is 0 Å². The highest BCUT2D eigenvalue weighted by atomic mass is 14.8. The summed E-state index contributed by atoms with van der Waals surface area (Å²) in [6, 6.07) is 6.62. The van der Waals surface area contributed by atoms with Crippen molar-refractivity contribution in [2.75, 3.05) is 0 Å². The van der Waals surface area contributed by atoms with Crippen LogP contribution in [0.4, 0.5) is 0 Å². The molecule has 22 heavy (non-hydrogen) atoms. The number of hydrogen-bond acceptors (Lipinski definition) is 2. The maximum absolute atomic E-state index is 4.70. The molecule has 0 saturated heterocycles. The Bertz CT molecular complexity index is 695. The van der Waals surface area contributed by atoms with Gasteiger partial charge in [-0.25, -0.2) is 0 Å². The second-order valence-electron chi connectivity index (χ2n) is 6.83. The van der Waals surface area contributed by atoms with Crippen molar-refractivity contribution in [2.24, 2.45) is 5.92 Å². The Hall–Kier alpha value is -1.96. The second-order valence-corrected chi connectivity index (χ2v) is 6.83. The first-order valence-corrected chi connectivity index (χ1v) is 8.10. The maximum atomic E-state index is 4.70. The lowest BCUT2D eigenvalue weighted by molar-refractivity contribution is 0.469. The summed E-state index contributed by atoms with van der Waals surface area (Å²) in [6.45, 7) is 8.84. The smallest absolute Gasteiger partial charge is 0.0923 e. The fraction of sp³-hybridized carbons (Fsp3) is 0.400. The van der Waals surface area contributed by atoms with Crippen molar-refractivity contribution in [3.05, 3.63) is 59.1 Å². The van der Waals surface area contributed by atoms with E-state index >= 15 is 0 Å². The van der Waals surface area contributed by atoms with E-state index in [4.69, 9.17) is 4.98 Å². The first kappa shape index (κ1) is 15.0. The molecule has 0 spiro atoms. The molecule has 0 N–H and O–H groups in total. The summed E-state index contributed by atoms with van der Waals surface area (Å²) in [5.74, 6) is 1.09. The van der Waals surface area contributed by atoms with Crippen molar-refractivity contribution in [3.8, 4) is 11.3 Å². The molecule has 1 heterocycles. The van der Waals surface area contributed by atoms with Gasteiger partial charge in [0.05, 0.1) is 11.4 Å². The normalized spacial score (nSPS) is 21.5. The van der Waals surface area contributed by atoms with Crippen LogP contribution in [0, 0.1) is 19.8 Å². The number of nitrogens with zero attached hydrogens (tertiary/aromatic N) is 2. The molecule has 0 fully saturated rings. The Morgan fingerprint density at radius 2 is 1.64 bits per heavy atom. The Morgan fingerprint density at radius 1 is 0.955 bits per heavy atom. The van der Waals surface area contributed by atoms with Crippen molar-refractivity contribution in [1.82, 2.24) is 9.97 Å². The molecular weight excluding hydrogens is 268 g/mol. The van der Waals surface area contributed by atoms with Gasteiger partial charge in [-0.05, 0) is 51.7 Å². The van der Waals surface area contributed by atoms with Crippen LogP contribution in [-0.4, -0.2) is 9.97 Å². The van der Waals surface area contributed by atoms with Gasteiger partial charge in [-0.1, -0.05) is 35.8 Å². The molecule has 1 aromatic heterocycles. The molecule has 1 aliphatic rings. The SMILES string of the molecule is CC1=CC(c2nccnc2-c2cc(C)cc(C)c2)CC(C)C1. The zero-order valence-corrected chi connectivity index (χ0v) is 13.9. The first-order valence-electron chi connectivity index (χ1n) is 8.10. The van der Waals surface area contributed by atoms with E-state index in [1.165, 1.54) is 28.7 Å². The molecule has 0 bridgehead atoms.